The van der Waals surface area contributed by atoms with E-state index in [1.165, 1.54) is 0 Å². The van der Waals surface area contributed by atoms with Crippen molar-refractivity contribution in [1.82, 2.24) is 20.4 Å². The van der Waals surface area contributed by atoms with Gasteiger partial charge < -0.3 is 25.8 Å². The number of carbonyl (C=O) groups excluding carboxylic acids is 3. The Morgan fingerprint density at radius 1 is 1.09 bits per heavy atom. The molecule has 1 aromatic carbocycles. The monoisotopic (exact) mass is 473 g/mol. The first-order chi connectivity index (χ1) is 16.1. The summed E-state index contributed by atoms with van der Waals surface area (Å²) < 4.78 is 12.9. The van der Waals surface area contributed by atoms with E-state index in [9.17, 15) is 14.4 Å². The normalized spacial score (nSPS) is 11.9. The molecule has 10 heteroatoms. The van der Waals surface area contributed by atoms with Gasteiger partial charge in [0.05, 0.1) is 32.0 Å². The van der Waals surface area contributed by atoms with Gasteiger partial charge in [-0.2, -0.15) is 5.10 Å². The van der Waals surface area contributed by atoms with E-state index in [2.05, 4.69) is 29.6 Å². The number of carbonyl (C=O) groups is 3. The Kier molecular flexibility index (Phi) is 9.47. The summed E-state index contributed by atoms with van der Waals surface area (Å²) in [4.78, 5) is 36.2. The van der Waals surface area contributed by atoms with Gasteiger partial charge in [0.2, 0.25) is 11.8 Å². The molecule has 0 bridgehead atoms. The molecule has 1 aromatic heterocycles. The van der Waals surface area contributed by atoms with Crippen LogP contribution in [-0.2, 0) is 16.1 Å². The lowest BCUT2D eigenvalue weighted by atomic mass is 10.00. The molecule has 0 aliphatic rings. The molecule has 2 rings (SSSR count). The molecule has 34 heavy (non-hydrogen) atoms. The fourth-order valence-electron chi connectivity index (χ4n) is 3.47. The molecule has 1 unspecified atom stereocenters. The number of aromatic nitrogens is 2. The van der Waals surface area contributed by atoms with E-state index >= 15 is 0 Å². The van der Waals surface area contributed by atoms with E-state index in [0.717, 1.165) is 0 Å². The molecule has 0 spiro atoms. The predicted molar refractivity (Wildman–Crippen MR) is 129 cm³/mol. The first-order valence-corrected chi connectivity index (χ1v) is 11.2. The lowest BCUT2D eigenvalue weighted by molar-refractivity contribution is -0.125. The van der Waals surface area contributed by atoms with Crippen LogP contribution in [0.25, 0.3) is 11.3 Å². The van der Waals surface area contributed by atoms with E-state index in [4.69, 9.17) is 15.2 Å². The molecule has 0 aliphatic carbocycles. The third-order valence-electron chi connectivity index (χ3n) is 5.22. The molecule has 2 aromatic rings. The molecular weight excluding hydrogens is 438 g/mol. The fraction of sp³-hybridized carbons (Fsp3) is 0.500. The summed E-state index contributed by atoms with van der Waals surface area (Å²) in [6.07, 6.45) is 0.0105. The molecule has 1 atom stereocenters. The highest BCUT2D eigenvalue weighted by Gasteiger charge is 2.25. The third-order valence-corrected chi connectivity index (χ3v) is 5.22. The molecule has 3 amide bonds. The zero-order valence-electron chi connectivity index (χ0n) is 20.7. The standard InChI is InChI=1S/C24H35N5O5/c1-14(2)13-29-18(23-19(33-5)8-7-9-20(23)34-6)10-17(28-29)24(32)27-16(15(3)4)11-22(31)26-12-21(25)30/h7-10,14-16H,11-13H2,1-6H3,(H2,25,30)(H,26,31)(H,27,32). The van der Waals surface area contributed by atoms with Crippen LogP contribution in [0.2, 0.25) is 0 Å². The van der Waals surface area contributed by atoms with Crippen LogP contribution in [-0.4, -0.2) is 54.3 Å². The van der Waals surface area contributed by atoms with Gasteiger partial charge in [0.1, 0.15) is 11.5 Å². The van der Waals surface area contributed by atoms with Crippen molar-refractivity contribution >= 4 is 17.7 Å². The summed E-state index contributed by atoms with van der Waals surface area (Å²) in [5.41, 5.74) is 6.68. The Labute approximate surface area is 200 Å². The first-order valence-electron chi connectivity index (χ1n) is 11.2. The van der Waals surface area contributed by atoms with Crippen LogP contribution in [0.15, 0.2) is 24.3 Å². The van der Waals surface area contributed by atoms with Gasteiger partial charge >= 0.3 is 0 Å². The number of hydrogen-bond donors (Lipinski definition) is 3. The van der Waals surface area contributed by atoms with E-state index in [0.29, 0.717) is 29.3 Å². The smallest absolute Gasteiger partial charge is 0.272 e. The molecule has 0 radical (unpaired) electrons. The molecule has 0 aliphatic heterocycles. The van der Waals surface area contributed by atoms with Crippen LogP contribution >= 0.6 is 0 Å². The van der Waals surface area contributed by atoms with Gasteiger partial charge in [-0.25, -0.2) is 0 Å². The number of methoxy groups -OCH3 is 2. The first kappa shape index (κ1) is 26.7. The van der Waals surface area contributed by atoms with Gasteiger partial charge in [0, 0.05) is 19.0 Å². The van der Waals surface area contributed by atoms with Crippen LogP contribution in [0.3, 0.4) is 0 Å². The lowest BCUT2D eigenvalue weighted by Gasteiger charge is -2.21. The number of nitrogens with one attached hydrogen (secondary N) is 2. The molecule has 186 valence electrons. The van der Waals surface area contributed by atoms with Gasteiger partial charge in [-0.05, 0) is 30.0 Å². The Bertz CT molecular complexity index is 993. The number of primary amides is 1. The lowest BCUT2D eigenvalue weighted by Crippen LogP contribution is -2.43. The molecule has 1 heterocycles. The summed E-state index contributed by atoms with van der Waals surface area (Å²) >= 11 is 0. The number of nitrogens with two attached hydrogens (primary N) is 1. The SMILES string of the molecule is COc1cccc(OC)c1-c1cc(C(=O)NC(CC(=O)NCC(N)=O)C(C)C)nn1CC(C)C. The van der Waals surface area contributed by atoms with E-state index in [-0.39, 0.29) is 36.4 Å². The van der Waals surface area contributed by atoms with Crippen molar-refractivity contribution in [2.24, 2.45) is 17.6 Å². The maximum Gasteiger partial charge on any atom is 0.272 e. The summed E-state index contributed by atoms with van der Waals surface area (Å²) in [6.45, 7) is 8.24. The van der Waals surface area contributed by atoms with E-state index < -0.39 is 17.9 Å². The van der Waals surface area contributed by atoms with Crippen LogP contribution in [0.1, 0.15) is 44.6 Å². The maximum atomic E-state index is 13.1. The van der Waals surface area contributed by atoms with E-state index in [1.807, 2.05) is 32.0 Å². The summed E-state index contributed by atoms with van der Waals surface area (Å²) in [6, 6.07) is 6.71. The second-order valence-electron chi connectivity index (χ2n) is 8.80. The van der Waals surface area contributed by atoms with Crippen LogP contribution in [0.4, 0.5) is 0 Å². The van der Waals surface area contributed by atoms with Crippen molar-refractivity contribution in [3.63, 3.8) is 0 Å². The quantitative estimate of drug-likeness (QED) is 0.431. The molecular formula is C24H35N5O5. The molecule has 0 fully saturated rings. The minimum absolute atomic E-state index is 0.0105. The van der Waals surface area contributed by atoms with Crippen LogP contribution in [0.5, 0.6) is 11.5 Å². The second kappa shape index (κ2) is 12.1. The number of benzene rings is 1. The van der Waals surface area contributed by atoms with Gasteiger partial charge in [-0.15, -0.1) is 0 Å². The van der Waals surface area contributed by atoms with Crippen molar-refractivity contribution in [3.8, 4) is 22.8 Å². The molecule has 4 N–H and O–H groups in total. The van der Waals surface area contributed by atoms with Crippen molar-refractivity contribution in [2.75, 3.05) is 20.8 Å². The number of amides is 3. The Morgan fingerprint density at radius 3 is 2.21 bits per heavy atom. The average Bonchev–Trinajstić information content (AvgIpc) is 3.19. The summed E-state index contributed by atoms with van der Waals surface area (Å²) in [5.74, 6) is 0.0299. The second-order valence-corrected chi connectivity index (χ2v) is 8.80. The Morgan fingerprint density at radius 2 is 1.71 bits per heavy atom. The van der Waals surface area contributed by atoms with Crippen molar-refractivity contribution in [1.29, 1.82) is 0 Å². The zero-order chi connectivity index (χ0) is 25.4. The number of ether oxygens (including phenoxy) is 2. The average molecular weight is 474 g/mol. The van der Waals surface area contributed by atoms with Crippen molar-refractivity contribution in [2.45, 2.75) is 46.7 Å². The Hall–Kier alpha value is -3.56. The predicted octanol–water partition coefficient (Wildman–Crippen LogP) is 1.97. The number of hydrogen-bond acceptors (Lipinski definition) is 6. The summed E-state index contributed by atoms with van der Waals surface area (Å²) in [7, 11) is 3.15. The zero-order valence-corrected chi connectivity index (χ0v) is 20.7. The van der Waals surface area contributed by atoms with Gasteiger partial charge in [-0.3, -0.25) is 19.1 Å². The fourth-order valence-corrected chi connectivity index (χ4v) is 3.47. The largest absolute Gasteiger partial charge is 0.496 e. The number of rotatable bonds is 12. The molecule has 10 nitrogen and oxygen atoms in total. The highest BCUT2D eigenvalue weighted by Crippen LogP contribution is 2.38. The van der Waals surface area contributed by atoms with Gasteiger partial charge in [0.25, 0.3) is 5.91 Å². The maximum absolute atomic E-state index is 13.1. The number of nitrogens with zero attached hydrogens (tertiary/aromatic N) is 2. The molecule has 0 saturated carbocycles. The van der Waals surface area contributed by atoms with Crippen LogP contribution < -0.4 is 25.8 Å². The highest BCUT2D eigenvalue weighted by molar-refractivity contribution is 5.94. The minimum Gasteiger partial charge on any atom is -0.496 e. The van der Waals surface area contributed by atoms with Gasteiger partial charge in [-0.1, -0.05) is 33.8 Å². The van der Waals surface area contributed by atoms with E-state index in [1.54, 1.807) is 25.0 Å². The van der Waals surface area contributed by atoms with Crippen molar-refractivity contribution < 1.29 is 23.9 Å². The van der Waals surface area contributed by atoms with Crippen molar-refractivity contribution in [3.05, 3.63) is 30.0 Å². The highest BCUT2D eigenvalue weighted by atomic mass is 16.5. The van der Waals surface area contributed by atoms with Gasteiger partial charge in [0.15, 0.2) is 5.69 Å². The third kappa shape index (κ3) is 6.97. The summed E-state index contributed by atoms with van der Waals surface area (Å²) in [5, 5.41) is 9.91. The topological polar surface area (TPSA) is 138 Å². The Balaban J connectivity index is 2.37. The molecule has 0 saturated heterocycles. The minimum atomic E-state index is -0.631. The van der Waals surface area contributed by atoms with Crippen LogP contribution in [0, 0.1) is 11.8 Å².